The van der Waals surface area contributed by atoms with Gasteiger partial charge in [-0.2, -0.15) is 0 Å². The van der Waals surface area contributed by atoms with E-state index < -0.39 is 17.9 Å². The summed E-state index contributed by atoms with van der Waals surface area (Å²) in [7, 11) is 0. The van der Waals surface area contributed by atoms with Crippen molar-refractivity contribution in [3.8, 4) is 0 Å². The number of carbonyl (C=O) groups is 2. The highest BCUT2D eigenvalue weighted by molar-refractivity contribution is 6.39. The van der Waals surface area contributed by atoms with Gasteiger partial charge in [0, 0.05) is 26.1 Å². The molecule has 0 aromatic heterocycles. The monoisotopic (exact) mass is 522 g/mol. The summed E-state index contributed by atoms with van der Waals surface area (Å²) in [5.41, 5.74) is 5.98. The van der Waals surface area contributed by atoms with Crippen molar-refractivity contribution in [2.45, 2.75) is 32.4 Å². The summed E-state index contributed by atoms with van der Waals surface area (Å²) in [6, 6.07) is 19.9. The lowest BCUT2D eigenvalue weighted by molar-refractivity contribution is -0.139. The Morgan fingerprint density at radius 1 is 1.00 bits per heavy atom. The number of halogens is 2. The smallest absolute Gasteiger partial charge is 0.326 e. The Labute approximate surface area is 221 Å². The molecule has 3 aromatic rings. The number of amides is 1. The summed E-state index contributed by atoms with van der Waals surface area (Å²) in [5, 5.41) is 12.6. The predicted octanol–water partition coefficient (Wildman–Crippen LogP) is 6.02. The summed E-state index contributed by atoms with van der Waals surface area (Å²) in [6.07, 6.45) is 3.37. The highest BCUT2D eigenvalue weighted by Gasteiger charge is 2.24. The van der Waals surface area contributed by atoms with Gasteiger partial charge in [-0.3, -0.25) is 9.69 Å². The average molecular weight is 523 g/mol. The number of carboxylic acid groups (broad SMARTS) is 1. The zero-order chi connectivity index (χ0) is 25.7. The normalized spacial score (nSPS) is 14.7. The number of aliphatic carboxylic acids is 1. The van der Waals surface area contributed by atoms with E-state index in [9.17, 15) is 14.7 Å². The number of benzene rings is 3. The largest absolute Gasteiger partial charge is 0.480 e. The molecule has 3 aromatic carbocycles. The number of carbonyl (C=O) groups excluding carboxylic acids is 1. The van der Waals surface area contributed by atoms with Gasteiger partial charge in [0.2, 0.25) is 0 Å². The van der Waals surface area contributed by atoms with Gasteiger partial charge in [-0.25, -0.2) is 4.79 Å². The minimum absolute atomic E-state index is 0.0723. The second kappa shape index (κ2) is 11.7. The summed E-state index contributed by atoms with van der Waals surface area (Å²) in [6.45, 7) is 4.97. The summed E-state index contributed by atoms with van der Waals surface area (Å²) >= 11 is 12.2. The van der Waals surface area contributed by atoms with E-state index in [0.717, 1.165) is 37.2 Å². The van der Waals surface area contributed by atoms with Crippen LogP contribution in [0, 0.1) is 6.92 Å². The lowest BCUT2D eigenvalue weighted by atomic mass is 9.96. The van der Waals surface area contributed by atoms with Crippen LogP contribution in [0.5, 0.6) is 0 Å². The predicted molar refractivity (Wildman–Crippen MR) is 145 cm³/mol. The van der Waals surface area contributed by atoms with Gasteiger partial charge in [-0.15, -0.1) is 0 Å². The van der Waals surface area contributed by atoms with Crippen LogP contribution in [0.1, 0.15) is 39.0 Å². The molecule has 1 heterocycles. The van der Waals surface area contributed by atoms with E-state index >= 15 is 0 Å². The number of rotatable bonds is 8. The van der Waals surface area contributed by atoms with Gasteiger partial charge in [0.05, 0.1) is 15.6 Å². The fourth-order valence-electron chi connectivity index (χ4n) is 4.38. The molecule has 2 N–H and O–H groups in total. The molecular formula is C29H28Cl2N2O3. The molecule has 186 valence electrons. The number of carboxylic acids is 1. The van der Waals surface area contributed by atoms with Gasteiger partial charge in [0.15, 0.2) is 0 Å². The Morgan fingerprint density at radius 2 is 1.69 bits per heavy atom. The fraction of sp³-hybridized carbons (Fsp3) is 0.241. The lowest BCUT2D eigenvalue weighted by Crippen LogP contribution is -2.42. The van der Waals surface area contributed by atoms with Crippen LogP contribution in [0.25, 0.3) is 5.57 Å². The van der Waals surface area contributed by atoms with Crippen LogP contribution in [0.2, 0.25) is 10.0 Å². The van der Waals surface area contributed by atoms with E-state index in [-0.39, 0.29) is 22.0 Å². The zero-order valence-electron chi connectivity index (χ0n) is 20.0. The van der Waals surface area contributed by atoms with Gasteiger partial charge in [0.25, 0.3) is 5.91 Å². The Kier molecular flexibility index (Phi) is 8.47. The topological polar surface area (TPSA) is 69.6 Å². The van der Waals surface area contributed by atoms with E-state index in [1.807, 2.05) is 24.3 Å². The van der Waals surface area contributed by atoms with Crippen molar-refractivity contribution < 1.29 is 14.7 Å². The molecule has 7 heteroatoms. The lowest BCUT2D eigenvalue weighted by Gasteiger charge is -2.27. The molecule has 36 heavy (non-hydrogen) atoms. The molecule has 1 aliphatic heterocycles. The minimum Gasteiger partial charge on any atom is -0.480 e. The van der Waals surface area contributed by atoms with Crippen LogP contribution in [-0.4, -0.2) is 41.0 Å². The standard InChI is InChI=1S/C29H28Cl2N2O3/c1-19-5-2-3-6-23(19)18-33-15-13-22(14-16-33)21-11-9-20(10-12-21)17-26(29(35)36)32-28(34)27-24(30)7-4-8-25(27)31/h2-13,26H,14-18H2,1H3,(H,32,34)(H,35,36)/t26-/m0/s1. The van der Waals surface area contributed by atoms with Crippen LogP contribution >= 0.6 is 23.2 Å². The van der Waals surface area contributed by atoms with E-state index in [1.165, 1.54) is 16.7 Å². The second-order valence-corrected chi connectivity index (χ2v) is 9.82. The molecule has 0 aliphatic carbocycles. The van der Waals surface area contributed by atoms with E-state index in [1.54, 1.807) is 18.2 Å². The molecule has 0 saturated carbocycles. The van der Waals surface area contributed by atoms with Gasteiger partial charge >= 0.3 is 5.97 Å². The third-order valence-corrected chi connectivity index (χ3v) is 7.14. The molecule has 1 amide bonds. The van der Waals surface area contributed by atoms with Crippen molar-refractivity contribution >= 4 is 40.7 Å². The third kappa shape index (κ3) is 6.35. The molecule has 1 atom stereocenters. The van der Waals surface area contributed by atoms with Gasteiger partial charge in [-0.05, 0) is 53.3 Å². The molecule has 4 rings (SSSR count). The Morgan fingerprint density at radius 3 is 2.31 bits per heavy atom. The first-order valence-electron chi connectivity index (χ1n) is 11.8. The maximum Gasteiger partial charge on any atom is 0.326 e. The maximum atomic E-state index is 12.7. The van der Waals surface area contributed by atoms with E-state index in [4.69, 9.17) is 23.2 Å². The van der Waals surface area contributed by atoms with Crippen LogP contribution in [-0.2, 0) is 17.8 Å². The zero-order valence-corrected chi connectivity index (χ0v) is 21.5. The number of nitrogens with zero attached hydrogens (tertiary/aromatic N) is 1. The number of aryl methyl sites for hydroxylation is 1. The summed E-state index contributed by atoms with van der Waals surface area (Å²) in [4.78, 5) is 26.9. The maximum absolute atomic E-state index is 12.7. The van der Waals surface area contributed by atoms with Crippen molar-refractivity contribution in [3.05, 3.63) is 111 Å². The van der Waals surface area contributed by atoms with Gasteiger partial charge in [0.1, 0.15) is 6.04 Å². The number of hydrogen-bond acceptors (Lipinski definition) is 3. The molecule has 0 unspecified atom stereocenters. The first kappa shape index (κ1) is 26.0. The summed E-state index contributed by atoms with van der Waals surface area (Å²) < 4.78 is 0. The molecule has 0 spiro atoms. The summed E-state index contributed by atoms with van der Waals surface area (Å²) in [5.74, 6) is -1.74. The number of hydrogen-bond donors (Lipinski definition) is 2. The van der Waals surface area contributed by atoms with E-state index in [2.05, 4.69) is 47.5 Å². The molecular weight excluding hydrogens is 495 g/mol. The van der Waals surface area contributed by atoms with Crippen molar-refractivity contribution in [1.29, 1.82) is 0 Å². The highest BCUT2D eigenvalue weighted by atomic mass is 35.5. The molecule has 0 saturated heterocycles. The molecule has 0 radical (unpaired) electrons. The SMILES string of the molecule is Cc1ccccc1CN1CC=C(c2ccc(C[C@H](NC(=O)c3c(Cl)cccc3Cl)C(=O)O)cc2)CC1. The minimum atomic E-state index is -1.13. The average Bonchev–Trinajstić information content (AvgIpc) is 2.86. The van der Waals surface area contributed by atoms with Crippen LogP contribution in [0.3, 0.4) is 0 Å². The quantitative estimate of drug-likeness (QED) is 0.379. The van der Waals surface area contributed by atoms with E-state index in [0.29, 0.717) is 0 Å². The highest BCUT2D eigenvalue weighted by Crippen LogP contribution is 2.26. The first-order valence-corrected chi connectivity index (χ1v) is 12.6. The van der Waals surface area contributed by atoms with Crippen molar-refractivity contribution in [3.63, 3.8) is 0 Å². The first-order chi connectivity index (χ1) is 17.3. The van der Waals surface area contributed by atoms with Crippen LogP contribution < -0.4 is 5.32 Å². The van der Waals surface area contributed by atoms with Crippen LogP contribution in [0.4, 0.5) is 0 Å². The Balaban J connectivity index is 1.38. The van der Waals surface area contributed by atoms with Crippen molar-refractivity contribution in [2.75, 3.05) is 13.1 Å². The second-order valence-electron chi connectivity index (χ2n) is 9.00. The molecule has 1 aliphatic rings. The van der Waals surface area contributed by atoms with Gasteiger partial charge < -0.3 is 10.4 Å². The van der Waals surface area contributed by atoms with Crippen LogP contribution in [0.15, 0.2) is 72.8 Å². The Bertz CT molecular complexity index is 1270. The number of nitrogens with one attached hydrogen (secondary N) is 1. The molecule has 5 nitrogen and oxygen atoms in total. The molecule has 0 fully saturated rings. The van der Waals surface area contributed by atoms with Crippen molar-refractivity contribution in [2.24, 2.45) is 0 Å². The van der Waals surface area contributed by atoms with Crippen molar-refractivity contribution in [1.82, 2.24) is 10.2 Å². The van der Waals surface area contributed by atoms with Gasteiger partial charge in [-0.1, -0.05) is 83.9 Å². The third-order valence-electron chi connectivity index (χ3n) is 6.51. The fourth-order valence-corrected chi connectivity index (χ4v) is 4.95. The molecule has 0 bridgehead atoms. The Hall–Kier alpha value is -3.12.